The molecular weight excluding hydrogens is 396 g/mol. The predicted molar refractivity (Wildman–Crippen MR) is 117 cm³/mol. The molecule has 8 nitrogen and oxygen atoms in total. The molecule has 1 saturated heterocycles. The standard InChI is InChI=1S/C23H26N4O4/c1-12-9-25-22(31-12)19(24)14-7-8-26(10-14)18-6-5-16-20(13(18)2)27(15-3-4-15)11-17(21(16)28)23(29)30/h5-6,9,11,14-15,19H,3-4,7-8,10,24H2,1-2H3,(H,29,30). The highest BCUT2D eigenvalue weighted by Crippen LogP contribution is 2.40. The average Bonchev–Trinajstić information content (AvgIpc) is 3.30. The summed E-state index contributed by atoms with van der Waals surface area (Å²) in [7, 11) is 0. The smallest absolute Gasteiger partial charge is 0.341 e. The quantitative estimate of drug-likeness (QED) is 0.649. The van der Waals surface area contributed by atoms with Gasteiger partial charge in [0.1, 0.15) is 11.3 Å². The molecule has 2 aromatic heterocycles. The largest absolute Gasteiger partial charge is 0.477 e. The number of anilines is 1. The second kappa shape index (κ2) is 7.23. The van der Waals surface area contributed by atoms with Crippen molar-refractivity contribution in [1.29, 1.82) is 0 Å². The number of hydrogen-bond acceptors (Lipinski definition) is 6. The number of carboxylic acid groups (broad SMARTS) is 1. The van der Waals surface area contributed by atoms with Gasteiger partial charge in [-0.1, -0.05) is 0 Å². The normalized spacial score (nSPS) is 19.8. The first-order valence-electron chi connectivity index (χ1n) is 10.7. The van der Waals surface area contributed by atoms with Gasteiger partial charge >= 0.3 is 5.97 Å². The summed E-state index contributed by atoms with van der Waals surface area (Å²) in [6.45, 7) is 5.50. The van der Waals surface area contributed by atoms with Gasteiger partial charge in [0.15, 0.2) is 0 Å². The Hall–Kier alpha value is -3.13. The van der Waals surface area contributed by atoms with Gasteiger partial charge in [-0.3, -0.25) is 4.79 Å². The number of pyridine rings is 1. The Morgan fingerprint density at radius 3 is 2.71 bits per heavy atom. The van der Waals surface area contributed by atoms with Crippen LogP contribution in [0.2, 0.25) is 0 Å². The first-order chi connectivity index (χ1) is 14.8. The van der Waals surface area contributed by atoms with Gasteiger partial charge in [-0.05, 0) is 50.8 Å². The molecule has 1 aliphatic heterocycles. The molecule has 1 saturated carbocycles. The monoisotopic (exact) mass is 422 g/mol. The number of benzene rings is 1. The molecule has 0 bridgehead atoms. The molecule has 31 heavy (non-hydrogen) atoms. The Balaban J connectivity index is 1.52. The van der Waals surface area contributed by atoms with Gasteiger partial charge < -0.3 is 24.7 Å². The lowest BCUT2D eigenvalue weighted by Crippen LogP contribution is -2.27. The maximum atomic E-state index is 12.8. The van der Waals surface area contributed by atoms with Crippen LogP contribution in [0.3, 0.4) is 0 Å². The van der Waals surface area contributed by atoms with E-state index in [-0.39, 0.29) is 23.6 Å². The summed E-state index contributed by atoms with van der Waals surface area (Å²) in [5.41, 5.74) is 8.74. The molecule has 5 rings (SSSR count). The van der Waals surface area contributed by atoms with E-state index in [0.29, 0.717) is 11.3 Å². The van der Waals surface area contributed by atoms with Crippen molar-refractivity contribution in [2.45, 2.75) is 45.2 Å². The van der Waals surface area contributed by atoms with E-state index in [2.05, 4.69) is 9.88 Å². The average molecular weight is 422 g/mol. The van der Waals surface area contributed by atoms with Crippen LogP contribution in [0.25, 0.3) is 10.9 Å². The lowest BCUT2D eigenvalue weighted by molar-refractivity contribution is 0.0695. The molecule has 2 atom stereocenters. The zero-order chi connectivity index (χ0) is 21.9. The zero-order valence-electron chi connectivity index (χ0n) is 17.7. The molecule has 0 spiro atoms. The van der Waals surface area contributed by atoms with E-state index in [1.807, 2.05) is 24.5 Å². The Bertz CT molecular complexity index is 1240. The Labute approximate surface area is 179 Å². The van der Waals surface area contributed by atoms with Crippen LogP contribution in [0.5, 0.6) is 0 Å². The van der Waals surface area contributed by atoms with Crippen molar-refractivity contribution in [1.82, 2.24) is 9.55 Å². The number of carboxylic acids is 1. The summed E-state index contributed by atoms with van der Waals surface area (Å²) < 4.78 is 7.63. The molecule has 1 aliphatic carbocycles. The van der Waals surface area contributed by atoms with Gasteiger partial charge in [-0.25, -0.2) is 9.78 Å². The van der Waals surface area contributed by atoms with Crippen molar-refractivity contribution < 1.29 is 14.3 Å². The highest BCUT2D eigenvalue weighted by atomic mass is 16.4. The maximum absolute atomic E-state index is 12.8. The molecule has 2 fully saturated rings. The number of nitrogens with two attached hydrogens (primary N) is 1. The minimum absolute atomic E-state index is 0.167. The second-order valence-corrected chi connectivity index (χ2v) is 8.75. The lowest BCUT2D eigenvalue weighted by atomic mass is 10.00. The van der Waals surface area contributed by atoms with Crippen LogP contribution < -0.4 is 16.1 Å². The predicted octanol–water partition coefficient (Wildman–Crippen LogP) is 3.17. The van der Waals surface area contributed by atoms with Gasteiger partial charge in [0.25, 0.3) is 0 Å². The fraction of sp³-hybridized carbons (Fsp3) is 0.435. The van der Waals surface area contributed by atoms with Crippen LogP contribution >= 0.6 is 0 Å². The number of hydrogen-bond donors (Lipinski definition) is 2. The third-order valence-electron chi connectivity index (χ3n) is 6.59. The van der Waals surface area contributed by atoms with Gasteiger partial charge in [-0.2, -0.15) is 0 Å². The van der Waals surface area contributed by atoms with Gasteiger partial charge in [0.2, 0.25) is 11.3 Å². The van der Waals surface area contributed by atoms with Crippen molar-refractivity contribution in [2.24, 2.45) is 11.7 Å². The number of oxazole rings is 1. The van der Waals surface area contributed by atoms with Crippen LogP contribution in [-0.2, 0) is 0 Å². The van der Waals surface area contributed by atoms with E-state index in [0.717, 1.165) is 54.9 Å². The number of carbonyl (C=O) groups is 1. The Morgan fingerprint density at radius 1 is 1.29 bits per heavy atom. The number of fused-ring (bicyclic) bond motifs is 1. The fourth-order valence-electron chi connectivity index (χ4n) is 4.78. The molecule has 0 radical (unpaired) electrons. The van der Waals surface area contributed by atoms with Crippen LogP contribution in [0.15, 0.2) is 33.7 Å². The van der Waals surface area contributed by atoms with Crippen molar-refractivity contribution in [3.8, 4) is 0 Å². The minimum Gasteiger partial charge on any atom is -0.477 e. The van der Waals surface area contributed by atoms with Crippen LogP contribution in [0.1, 0.15) is 58.9 Å². The molecule has 3 aromatic rings. The number of aryl methyl sites for hydroxylation is 2. The van der Waals surface area contributed by atoms with Crippen LogP contribution in [-0.4, -0.2) is 33.7 Å². The molecule has 2 aliphatic rings. The maximum Gasteiger partial charge on any atom is 0.341 e. The first-order valence-corrected chi connectivity index (χ1v) is 10.7. The number of aromatic carboxylic acids is 1. The molecule has 0 amide bonds. The van der Waals surface area contributed by atoms with Gasteiger partial charge in [0, 0.05) is 42.3 Å². The van der Waals surface area contributed by atoms with E-state index in [4.69, 9.17) is 10.2 Å². The van der Waals surface area contributed by atoms with E-state index in [1.54, 1.807) is 12.3 Å². The summed E-state index contributed by atoms with van der Waals surface area (Å²) in [6.07, 6.45) is 6.13. The van der Waals surface area contributed by atoms with Crippen molar-refractivity contribution in [3.05, 3.63) is 57.5 Å². The minimum atomic E-state index is -1.18. The van der Waals surface area contributed by atoms with Crippen LogP contribution in [0.4, 0.5) is 5.69 Å². The highest BCUT2D eigenvalue weighted by Gasteiger charge is 2.33. The van der Waals surface area contributed by atoms with E-state index >= 15 is 0 Å². The number of nitrogens with zero attached hydrogens (tertiary/aromatic N) is 3. The van der Waals surface area contributed by atoms with Crippen molar-refractivity contribution in [2.75, 3.05) is 18.0 Å². The second-order valence-electron chi connectivity index (χ2n) is 8.75. The van der Waals surface area contributed by atoms with E-state index in [9.17, 15) is 14.7 Å². The summed E-state index contributed by atoms with van der Waals surface area (Å²) in [6, 6.07) is 3.70. The number of aromatic nitrogens is 2. The molecule has 2 unspecified atom stereocenters. The number of rotatable bonds is 5. The van der Waals surface area contributed by atoms with Crippen molar-refractivity contribution >= 4 is 22.6 Å². The molecule has 1 aromatic carbocycles. The summed E-state index contributed by atoms with van der Waals surface area (Å²) in [5.74, 6) is 0.363. The lowest BCUT2D eigenvalue weighted by Gasteiger charge is -2.24. The summed E-state index contributed by atoms with van der Waals surface area (Å²) >= 11 is 0. The Kier molecular flexibility index (Phi) is 4.62. The van der Waals surface area contributed by atoms with Crippen LogP contribution in [0, 0.1) is 19.8 Å². The molecule has 3 N–H and O–H groups in total. The van der Waals surface area contributed by atoms with Gasteiger partial charge in [0.05, 0.1) is 17.8 Å². The van der Waals surface area contributed by atoms with E-state index in [1.165, 1.54) is 6.20 Å². The molecule has 162 valence electrons. The highest BCUT2D eigenvalue weighted by molar-refractivity contribution is 5.95. The third kappa shape index (κ3) is 3.31. The van der Waals surface area contributed by atoms with Gasteiger partial charge in [-0.15, -0.1) is 0 Å². The summed E-state index contributed by atoms with van der Waals surface area (Å²) in [5, 5.41) is 9.95. The Morgan fingerprint density at radius 2 is 2.06 bits per heavy atom. The molecule has 8 heteroatoms. The third-order valence-corrected chi connectivity index (χ3v) is 6.59. The van der Waals surface area contributed by atoms with Crippen molar-refractivity contribution in [3.63, 3.8) is 0 Å². The fourth-order valence-corrected chi connectivity index (χ4v) is 4.78. The SMILES string of the molecule is Cc1cnc(C(N)C2CCN(c3ccc4c(=O)c(C(=O)O)cn(C5CC5)c4c3C)C2)o1. The first kappa shape index (κ1) is 19.8. The zero-order valence-corrected chi connectivity index (χ0v) is 17.7. The van der Waals surface area contributed by atoms with E-state index < -0.39 is 11.4 Å². The topological polar surface area (TPSA) is 115 Å². The molecular formula is C23H26N4O4. The summed E-state index contributed by atoms with van der Waals surface area (Å²) in [4.78, 5) is 31.0. The molecule has 3 heterocycles.